The predicted octanol–water partition coefficient (Wildman–Crippen LogP) is 1.95. The summed E-state index contributed by atoms with van der Waals surface area (Å²) < 4.78 is 5.35. The second-order valence-corrected chi connectivity index (χ2v) is 10.7. The van der Waals surface area contributed by atoms with Crippen LogP contribution in [0.2, 0.25) is 0 Å². The Bertz CT molecular complexity index is 1090. The molecule has 28 heavy (non-hydrogen) atoms. The van der Waals surface area contributed by atoms with Crippen molar-refractivity contribution in [2.24, 2.45) is 0 Å². The van der Waals surface area contributed by atoms with Gasteiger partial charge in [0.15, 0.2) is 8.07 Å². The molecule has 0 fully saturated rings. The standard InChI is InChI=1S/C24H18BO2Si/c26-25-27-18-15-16-22-21-13-7-8-14-23(21)28(24(22)17-18,19-9-3-1-4-10-19)20-11-5-2-6-12-20/h1-17,26H. The zero-order chi connectivity index (χ0) is 19.0. The minimum atomic E-state index is -2.46. The summed E-state index contributed by atoms with van der Waals surface area (Å²) in [5.74, 6) is 0.651. The van der Waals surface area contributed by atoms with Crippen LogP contribution in [0.4, 0.5) is 0 Å². The Labute approximate surface area is 166 Å². The lowest BCUT2D eigenvalue weighted by molar-refractivity contribution is 0.454. The molecule has 0 aliphatic carbocycles. The molecule has 0 spiro atoms. The Morgan fingerprint density at radius 3 is 1.82 bits per heavy atom. The number of hydrogen-bond donors (Lipinski definition) is 1. The zero-order valence-corrected chi connectivity index (χ0v) is 16.2. The fraction of sp³-hybridized carbons (Fsp3) is 0. The Balaban J connectivity index is 1.93. The van der Waals surface area contributed by atoms with Crippen LogP contribution in [-0.4, -0.2) is 20.8 Å². The summed E-state index contributed by atoms with van der Waals surface area (Å²) in [7, 11) is -1.71. The molecule has 0 saturated carbocycles. The molecule has 5 rings (SSSR count). The number of fused-ring (bicyclic) bond motifs is 3. The molecule has 0 aromatic heterocycles. The summed E-state index contributed by atoms with van der Waals surface area (Å²) in [5.41, 5.74) is 2.54. The van der Waals surface area contributed by atoms with Crippen molar-refractivity contribution >= 4 is 36.5 Å². The highest BCUT2D eigenvalue weighted by atomic mass is 28.3. The third kappa shape index (κ3) is 2.39. The van der Waals surface area contributed by atoms with Gasteiger partial charge in [0.05, 0.1) is 5.75 Å². The van der Waals surface area contributed by atoms with Crippen LogP contribution in [-0.2, 0) is 0 Å². The van der Waals surface area contributed by atoms with Gasteiger partial charge in [0, 0.05) is 0 Å². The molecule has 1 N–H and O–H groups in total. The molecule has 4 aromatic carbocycles. The van der Waals surface area contributed by atoms with Crippen LogP contribution < -0.4 is 25.4 Å². The lowest BCUT2D eigenvalue weighted by atomic mass is 10.1. The van der Waals surface area contributed by atoms with E-state index in [1.807, 2.05) is 6.07 Å². The Morgan fingerprint density at radius 1 is 0.607 bits per heavy atom. The van der Waals surface area contributed by atoms with Crippen molar-refractivity contribution in [1.29, 1.82) is 0 Å². The Morgan fingerprint density at radius 2 is 1.18 bits per heavy atom. The van der Waals surface area contributed by atoms with Gasteiger partial charge < -0.3 is 9.68 Å². The van der Waals surface area contributed by atoms with Crippen LogP contribution in [0.1, 0.15) is 0 Å². The van der Waals surface area contributed by atoms with E-state index < -0.39 is 8.07 Å². The first-order chi connectivity index (χ1) is 13.9. The van der Waals surface area contributed by atoms with E-state index in [0.29, 0.717) is 5.75 Å². The van der Waals surface area contributed by atoms with Crippen molar-refractivity contribution in [3.05, 3.63) is 103 Å². The fourth-order valence-electron chi connectivity index (χ4n) is 4.56. The zero-order valence-electron chi connectivity index (χ0n) is 15.2. The molecule has 0 unspecified atom stereocenters. The molecular formula is C24H18BO2Si. The highest BCUT2D eigenvalue weighted by Gasteiger charge is 2.48. The molecule has 0 amide bonds. The third-order valence-electron chi connectivity index (χ3n) is 5.62. The second kappa shape index (κ2) is 6.82. The van der Waals surface area contributed by atoms with Crippen molar-refractivity contribution in [1.82, 2.24) is 0 Å². The summed E-state index contributed by atoms with van der Waals surface area (Å²) >= 11 is 0. The second-order valence-electron chi connectivity index (χ2n) is 6.96. The number of benzene rings is 4. The topological polar surface area (TPSA) is 29.5 Å². The minimum absolute atomic E-state index is 0.651. The lowest BCUT2D eigenvalue weighted by Crippen LogP contribution is -2.72. The summed E-state index contributed by atoms with van der Waals surface area (Å²) in [5, 5.41) is 14.6. The maximum absolute atomic E-state index is 9.17. The van der Waals surface area contributed by atoms with Crippen molar-refractivity contribution in [2.45, 2.75) is 0 Å². The van der Waals surface area contributed by atoms with Crippen molar-refractivity contribution in [3.8, 4) is 16.9 Å². The quantitative estimate of drug-likeness (QED) is 0.485. The van der Waals surface area contributed by atoms with Gasteiger partial charge in [-0.3, -0.25) is 0 Å². The Hall–Kier alpha value is -3.08. The lowest BCUT2D eigenvalue weighted by Gasteiger charge is -2.31. The van der Waals surface area contributed by atoms with Crippen LogP contribution in [0.5, 0.6) is 5.75 Å². The van der Waals surface area contributed by atoms with Crippen LogP contribution in [0.15, 0.2) is 103 Å². The average Bonchev–Trinajstić information content (AvgIpc) is 3.06. The van der Waals surface area contributed by atoms with Gasteiger partial charge in [0.2, 0.25) is 0 Å². The summed E-state index contributed by atoms with van der Waals surface area (Å²) in [6, 6.07) is 36.5. The minimum Gasteiger partial charge on any atom is -0.537 e. The van der Waals surface area contributed by atoms with Crippen LogP contribution >= 0.6 is 0 Å². The first kappa shape index (κ1) is 17.0. The van der Waals surface area contributed by atoms with E-state index in [1.165, 1.54) is 31.9 Å². The highest BCUT2D eigenvalue weighted by molar-refractivity contribution is 7.22. The first-order valence-electron chi connectivity index (χ1n) is 9.33. The fourth-order valence-corrected chi connectivity index (χ4v) is 9.76. The maximum Gasteiger partial charge on any atom is 0.569 e. The molecule has 2 nitrogen and oxygen atoms in total. The molecule has 1 aliphatic rings. The molecule has 4 aromatic rings. The molecule has 1 heterocycles. The first-order valence-corrected chi connectivity index (χ1v) is 11.3. The molecule has 0 bridgehead atoms. The van der Waals surface area contributed by atoms with Gasteiger partial charge in [-0.05, 0) is 44.0 Å². The van der Waals surface area contributed by atoms with Gasteiger partial charge >= 0.3 is 7.69 Å². The van der Waals surface area contributed by atoms with Crippen LogP contribution in [0.25, 0.3) is 11.1 Å². The normalized spacial score (nSPS) is 13.5. The summed E-state index contributed by atoms with van der Waals surface area (Å²) in [6.07, 6.45) is 0. The number of hydrogen-bond acceptors (Lipinski definition) is 2. The van der Waals surface area contributed by atoms with Gasteiger partial charge in [0.1, 0.15) is 0 Å². The molecule has 1 radical (unpaired) electrons. The van der Waals surface area contributed by atoms with Gasteiger partial charge in [0.25, 0.3) is 0 Å². The van der Waals surface area contributed by atoms with E-state index in [1.54, 1.807) is 0 Å². The van der Waals surface area contributed by atoms with E-state index in [4.69, 9.17) is 4.65 Å². The van der Waals surface area contributed by atoms with Crippen molar-refractivity contribution in [2.75, 3.05) is 0 Å². The van der Waals surface area contributed by atoms with E-state index in [9.17, 15) is 5.02 Å². The van der Waals surface area contributed by atoms with Crippen LogP contribution in [0.3, 0.4) is 0 Å². The van der Waals surface area contributed by atoms with Crippen LogP contribution in [0, 0.1) is 0 Å². The molecule has 0 atom stereocenters. The average molecular weight is 377 g/mol. The molecule has 4 heteroatoms. The van der Waals surface area contributed by atoms with Gasteiger partial charge in [-0.15, -0.1) is 0 Å². The largest absolute Gasteiger partial charge is 0.569 e. The molecule has 1 aliphatic heterocycles. The monoisotopic (exact) mass is 377 g/mol. The molecular weight excluding hydrogens is 359 g/mol. The molecule has 133 valence electrons. The molecule has 0 saturated heterocycles. The Kier molecular flexibility index (Phi) is 4.15. The van der Waals surface area contributed by atoms with Gasteiger partial charge in [-0.1, -0.05) is 91.0 Å². The maximum atomic E-state index is 9.17. The smallest absolute Gasteiger partial charge is 0.537 e. The van der Waals surface area contributed by atoms with Crippen molar-refractivity contribution < 1.29 is 9.68 Å². The number of rotatable bonds is 4. The van der Waals surface area contributed by atoms with E-state index in [2.05, 4.69) is 97.1 Å². The van der Waals surface area contributed by atoms with Gasteiger partial charge in [-0.2, -0.15) is 0 Å². The van der Waals surface area contributed by atoms with Crippen molar-refractivity contribution in [3.63, 3.8) is 0 Å². The van der Waals surface area contributed by atoms with E-state index in [0.717, 1.165) is 7.69 Å². The van der Waals surface area contributed by atoms with E-state index >= 15 is 0 Å². The summed E-state index contributed by atoms with van der Waals surface area (Å²) in [6.45, 7) is 0. The van der Waals surface area contributed by atoms with Gasteiger partial charge in [-0.25, -0.2) is 0 Å². The van der Waals surface area contributed by atoms with E-state index in [-0.39, 0.29) is 0 Å². The highest BCUT2D eigenvalue weighted by Crippen LogP contribution is 2.30. The SMILES string of the molecule is O[B]Oc1ccc2c(c1)[Si](c1ccccc1)(c1ccccc1)c1ccccc1-2. The predicted molar refractivity (Wildman–Crippen MR) is 118 cm³/mol. The summed E-state index contributed by atoms with van der Waals surface area (Å²) in [4.78, 5) is 0. The third-order valence-corrected chi connectivity index (χ3v) is 10.5.